The number of pyridine rings is 1. The molecule has 1 aromatic heterocycles. The van der Waals surface area contributed by atoms with Crippen LogP contribution in [0.15, 0.2) is 18.3 Å². The minimum atomic E-state index is -1.06. The third-order valence-corrected chi connectivity index (χ3v) is 1.46. The van der Waals surface area contributed by atoms with E-state index in [1.165, 1.54) is 12.1 Å². The number of hydrogen-bond donors (Lipinski definition) is 3. The second-order valence-electron chi connectivity index (χ2n) is 2.49. The Kier molecular flexibility index (Phi) is 3.14. The van der Waals surface area contributed by atoms with Crippen LogP contribution < -0.4 is 11.1 Å². The van der Waals surface area contributed by atoms with Crippen molar-refractivity contribution in [2.24, 2.45) is 5.73 Å². The van der Waals surface area contributed by atoms with E-state index in [2.05, 4.69) is 10.3 Å². The van der Waals surface area contributed by atoms with Crippen LogP contribution in [0.1, 0.15) is 10.4 Å². The Morgan fingerprint density at radius 3 is 2.64 bits per heavy atom. The molecule has 6 nitrogen and oxygen atoms in total. The number of anilines is 1. The summed E-state index contributed by atoms with van der Waals surface area (Å²) < 4.78 is 0. The summed E-state index contributed by atoms with van der Waals surface area (Å²) in [6.45, 7) is -0.137. The van der Waals surface area contributed by atoms with E-state index in [0.29, 0.717) is 0 Å². The molecule has 0 saturated carbocycles. The van der Waals surface area contributed by atoms with Crippen LogP contribution in [0.5, 0.6) is 0 Å². The van der Waals surface area contributed by atoms with Crippen LogP contribution in [-0.4, -0.2) is 28.5 Å². The molecule has 74 valence electrons. The molecule has 4 N–H and O–H groups in total. The zero-order chi connectivity index (χ0) is 10.6. The van der Waals surface area contributed by atoms with Gasteiger partial charge in [-0.25, -0.2) is 9.78 Å². The number of nitrogens with one attached hydrogen (secondary N) is 1. The first-order chi connectivity index (χ1) is 6.63. The van der Waals surface area contributed by atoms with E-state index >= 15 is 0 Å². The first-order valence-electron chi connectivity index (χ1n) is 3.82. The van der Waals surface area contributed by atoms with E-state index in [0.717, 1.165) is 6.20 Å². The van der Waals surface area contributed by atoms with Gasteiger partial charge in [0, 0.05) is 6.20 Å². The van der Waals surface area contributed by atoms with E-state index in [-0.39, 0.29) is 23.8 Å². The molecule has 0 fully saturated rings. The van der Waals surface area contributed by atoms with Crippen molar-refractivity contribution in [1.82, 2.24) is 4.98 Å². The summed E-state index contributed by atoms with van der Waals surface area (Å²) in [6.07, 6.45) is 1.16. The summed E-state index contributed by atoms with van der Waals surface area (Å²) in [4.78, 5) is 25.0. The van der Waals surface area contributed by atoms with Crippen molar-refractivity contribution >= 4 is 17.7 Å². The molecule has 1 heterocycles. The van der Waals surface area contributed by atoms with Crippen molar-refractivity contribution in [3.63, 3.8) is 0 Å². The molecule has 1 rings (SSSR count). The molecule has 1 amide bonds. The number of hydrogen-bond acceptors (Lipinski definition) is 4. The topological polar surface area (TPSA) is 105 Å². The van der Waals surface area contributed by atoms with Gasteiger partial charge in [0.2, 0.25) is 5.91 Å². The monoisotopic (exact) mass is 195 g/mol. The van der Waals surface area contributed by atoms with Crippen molar-refractivity contribution in [3.8, 4) is 0 Å². The fraction of sp³-hybridized carbons (Fsp3) is 0.125. The minimum Gasteiger partial charge on any atom is -0.478 e. The molecular formula is C8H9N3O3. The van der Waals surface area contributed by atoms with Gasteiger partial charge in [0.25, 0.3) is 0 Å². The van der Waals surface area contributed by atoms with Crippen LogP contribution in [0.4, 0.5) is 5.82 Å². The highest BCUT2D eigenvalue weighted by atomic mass is 16.4. The lowest BCUT2D eigenvalue weighted by atomic mass is 10.3. The molecule has 0 aliphatic carbocycles. The van der Waals surface area contributed by atoms with Gasteiger partial charge in [-0.1, -0.05) is 0 Å². The normalized spacial score (nSPS) is 9.50. The lowest BCUT2D eigenvalue weighted by molar-refractivity contribution is -0.114. The largest absolute Gasteiger partial charge is 0.478 e. The highest BCUT2D eigenvalue weighted by molar-refractivity contribution is 5.92. The van der Waals surface area contributed by atoms with Gasteiger partial charge in [-0.3, -0.25) is 4.79 Å². The third kappa shape index (κ3) is 2.53. The van der Waals surface area contributed by atoms with Crippen molar-refractivity contribution in [2.75, 3.05) is 11.9 Å². The first-order valence-corrected chi connectivity index (χ1v) is 3.82. The van der Waals surface area contributed by atoms with E-state index in [4.69, 9.17) is 10.8 Å². The summed E-state index contributed by atoms with van der Waals surface area (Å²) in [6, 6.07) is 2.75. The van der Waals surface area contributed by atoms with E-state index in [1.807, 2.05) is 0 Å². The highest BCUT2D eigenvalue weighted by Crippen LogP contribution is 2.04. The van der Waals surface area contributed by atoms with Crippen molar-refractivity contribution in [2.45, 2.75) is 0 Å². The zero-order valence-corrected chi connectivity index (χ0v) is 7.23. The summed E-state index contributed by atoms with van der Waals surface area (Å²) in [5, 5.41) is 10.9. The van der Waals surface area contributed by atoms with Crippen molar-refractivity contribution in [1.29, 1.82) is 0 Å². The van der Waals surface area contributed by atoms with Crippen LogP contribution in [0.25, 0.3) is 0 Å². The SMILES string of the molecule is NCC(=O)Nc1ccc(C(=O)O)cn1. The van der Waals surface area contributed by atoms with Gasteiger partial charge >= 0.3 is 5.97 Å². The minimum absolute atomic E-state index is 0.0655. The molecule has 6 heteroatoms. The number of rotatable bonds is 3. The molecule has 0 unspecified atom stereocenters. The number of nitrogens with two attached hydrogens (primary N) is 1. The van der Waals surface area contributed by atoms with Crippen LogP contribution in [0, 0.1) is 0 Å². The van der Waals surface area contributed by atoms with Gasteiger partial charge in [0.15, 0.2) is 0 Å². The summed E-state index contributed by atoms with van der Waals surface area (Å²) in [5.74, 6) is -1.15. The van der Waals surface area contributed by atoms with Crippen LogP contribution >= 0.6 is 0 Å². The number of aromatic carboxylic acids is 1. The summed E-state index contributed by atoms with van der Waals surface area (Å²) >= 11 is 0. The number of carbonyl (C=O) groups excluding carboxylic acids is 1. The Bertz CT molecular complexity index is 347. The van der Waals surface area contributed by atoms with Crippen molar-refractivity contribution in [3.05, 3.63) is 23.9 Å². The third-order valence-electron chi connectivity index (χ3n) is 1.46. The Morgan fingerprint density at radius 1 is 1.50 bits per heavy atom. The number of aromatic nitrogens is 1. The van der Waals surface area contributed by atoms with Gasteiger partial charge in [-0.2, -0.15) is 0 Å². The first kappa shape index (κ1) is 10.1. The fourth-order valence-corrected chi connectivity index (χ4v) is 0.788. The number of amides is 1. The zero-order valence-electron chi connectivity index (χ0n) is 7.23. The predicted octanol–water partition coefficient (Wildman–Crippen LogP) is -0.323. The highest BCUT2D eigenvalue weighted by Gasteiger charge is 2.04. The molecule has 0 bridgehead atoms. The molecule has 14 heavy (non-hydrogen) atoms. The molecule has 0 saturated heterocycles. The standard InChI is InChI=1S/C8H9N3O3/c9-3-7(12)11-6-2-1-5(4-10-6)8(13)14/h1-2,4H,3,9H2,(H,13,14)(H,10,11,12). The number of carboxylic acids is 1. The molecule has 0 spiro atoms. The quantitative estimate of drug-likeness (QED) is 0.612. The molecular weight excluding hydrogens is 186 g/mol. The maximum atomic E-state index is 10.8. The van der Waals surface area contributed by atoms with Crippen molar-refractivity contribution < 1.29 is 14.7 Å². The number of carbonyl (C=O) groups is 2. The predicted molar refractivity (Wildman–Crippen MR) is 48.9 cm³/mol. The maximum Gasteiger partial charge on any atom is 0.337 e. The fourth-order valence-electron chi connectivity index (χ4n) is 0.788. The Balaban J connectivity index is 2.73. The molecule has 0 radical (unpaired) electrons. The number of nitrogens with zero attached hydrogens (tertiary/aromatic N) is 1. The second-order valence-corrected chi connectivity index (χ2v) is 2.49. The average molecular weight is 195 g/mol. The van der Waals surface area contributed by atoms with Gasteiger partial charge in [-0.05, 0) is 12.1 Å². The van der Waals surface area contributed by atoms with Gasteiger partial charge in [0.1, 0.15) is 5.82 Å². The van der Waals surface area contributed by atoms with Crippen LogP contribution in [-0.2, 0) is 4.79 Å². The Labute approximate surface area is 79.8 Å². The molecule has 0 aliphatic rings. The van der Waals surface area contributed by atoms with E-state index in [9.17, 15) is 9.59 Å². The Hall–Kier alpha value is -1.95. The molecule has 1 aromatic rings. The lowest BCUT2D eigenvalue weighted by Crippen LogP contribution is -2.22. The molecule has 0 atom stereocenters. The summed E-state index contributed by atoms with van der Waals surface area (Å²) in [5.41, 5.74) is 5.13. The van der Waals surface area contributed by atoms with E-state index < -0.39 is 5.97 Å². The Morgan fingerprint density at radius 2 is 2.21 bits per heavy atom. The average Bonchev–Trinajstić information content (AvgIpc) is 2.18. The summed E-state index contributed by atoms with van der Waals surface area (Å²) in [7, 11) is 0. The van der Waals surface area contributed by atoms with Gasteiger partial charge in [-0.15, -0.1) is 0 Å². The van der Waals surface area contributed by atoms with Crippen LogP contribution in [0.3, 0.4) is 0 Å². The van der Waals surface area contributed by atoms with Gasteiger partial charge in [0.05, 0.1) is 12.1 Å². The molecule has 0 aromatic carbocycles. The smallest absolute Gasteiger partial charge is 0.337 e. The van der Waals surface area contributed by atoms with E-state index in [1.54, 1.807) is 0 Å². The lowest BCUT2D eigenvalue weighted by Gasteiger charge is -2.01. The van der Waals surface area contributed by atoms with Gasteiger partial charge < -0.3 is 16.2 Å². The van der Waals surface area contributed by atoms with Crippen LogP contribution in [0.2, 0.25) is 0 Å². The number of carboxylic acid groups (broad SMARTS) is 1. The maximum absolute atomic E-state index is 10.8. The second kappa shape index (κ2) is 4.33. The molecule has 0 aliphatic heterocycles.